The molecule has 0 amide bonds. The first kappa shape index (κ1) is 17.1. The molecule has 1 rings (SSSR count). The van der Waals surface area contributed by atoms with Gasteiger partial charge in [-0.25, -0.2) is 0 Å². The second kappa shape index (κ2) is 8.33. The summed E-state index contributed by atoms with van der Waals surface area (Å²) in [5, 5.41) is 8.93. The van der Waals surface area contributed by atoms with Crippen LogP contribution in [0.25, 0.3) is 0 Å². The van der Waals surface area contributed by atoms with Crippen molar-refractivity contribution in [2.24, 2.45) is 0 Å². The molecule has 0 spiro atoms. The number of benzene rings is 1. The predicted octanol–water partition coefficient (Wildman–Crippen LogP) is 0.350. The highest BCUT2D eigenvalue weighted by Gasteiger charge is 2.22. The maximum Gasteiger partial charge on any atom is 0.279 e. The lowest BCUT2D eigenvalue weighted by Crippen LogP contribution is -2.45. The molecule has 0 saturated carbocycles. The van der Waals surface area contributed by atoms with Crippen molar-refractivity contribution in [1.82, 2.24) is 9.03 Å². The van der Waals surface area contributed by atoms with Crippen LogP contribution in [0.5, 0.6) is 0 Å². The van der Waals surface area contributed by atoms with Crippen molar-refractivity contribution in [1.29, 1.82) is 0 Å². The lowest BCUT2D eigenvalue weighted by Gasteiger charge is -2.22. The van der Waals surface area contributed by atoms with Gasteiger partial charge in [-0.05, 0) is 12.0 Å². The van der Waals surface area contributed by atoms with Crippen LogP contribution in [0.2, 0.25) is 0 Å². The first-order valence-electron chi connectivity index (χ1n) is 6.37. The third-order valence-corrected chi connectivity index (χ3v) is 4.40. The minimum Gasteiger partial charge on any atom is -0.396 e. The zero-order valence-corrected chi connectivity index (χ0v) is 12.6. The third-order valence-electron chi connectivity index (χ3n) is 2.82. The quantitative estimate of drug-likeness (QED) is 0.690. The van der Waals surface area contributed by atoms with E-state index in [0.29, 0.717) is 6.42 Å². The maximum atomic E-state index is 12.2. The van der Waals surface area contributed by atoms with Gasteiger partial charge < -0.3 is 9.84 Å². The molecular weight excluding hydrogens is 280 g/mol. The van der Waals surface area contributed by atoms with Gasteiger partial charge in [0.05, 0.1) is 6.61 Å². The van der Waals surface area contributed by atoms with Crippen molar-refractivity contribution in [2.45, 2.75) is 19.0 Å². The van der Waals surface area contributed by atoms with Gasteiger partial charge in [-0.1, -0.05) is 30.3 Å². The van der Waals surface area contributed by atoms with Crippen LogP contribution in [0.15, 0.2) is 30.3 Å². The molecule has 6 nitrogen and oxygen atoms in total. The van der Waals surface area contributed by atoms with Crippen LogP contribution >= 0.6 is 0 Å². The Morgan fingerprint density at radius 1 is 1.35 bits per heavy atom. The fourth-order valence-electron chi connectivity index (χ4n) is 1.76. The standard InChI is InChI=1S/C13H22N2O4S/c1-15(10-12-6-4-3-5-7-12)20(17,18)14-13(8-9-16)11-19-2/h3-7,13-14,16H,8-11H2,1-2H3. The van der Waals surface area contributed by atoms with E-state index in [1.54, 1.807) is 0 Å². The summed E-state index contributed by atoms with van der Waals surface area (Å²) in [6.07, 6.45) is 0.312. The Balaban J connectivity index is 2.66. The molecule has 1 unspecified atom stereocenters. The summed E-state index contributed by atoms with van der Waals surface area (Å²) in [6.45, 7) is 0.410. The van der Waals surface area contributed by atoms with Crippen LogP contribution < -0.4 is 4.72 Å². The molecule has 0 aliphatic heterocycles. The monoisotopic (exact) mass is 302 g/mol. The molecule has 7 heteroatoms. The van der Waals surface area contributed by atoms with Gasteiger partial charge in [-0.2, -0.15) is 17.4 Å². The Morgan fingerprint density at radius 3 is 2.55 bits per heavy atom. The van der Waals surface area contributed by atoms with Gasteiger partial charge in [0.1, 0.15) is 0 Å². The average molecular weight is 302 g/mol. The normalized spacial score (nSPS) is 13.6. The number of rotatable bonds is 9. The highest BCUT2D eigenvalue weighted by atomic mass is 32.2. The summed E-state index contributed by atoms with van der Waals surface area (Å²) in [5.74, 6) is 0. The molecule has 1 aromatic carbocycles. The van der Waals surface area contributed by atoms with Crippen LogP contribution in [-0.4, -0.2) is 51.2 Å². The lowest BCUT2D eigenvalue weighted by atomic mass is 10.2. The predicted molar refractivity (Wildman–Crippen MR) is 77.3 cm³/mol. The number of aliphatic hydroxyl groups is 1. The van der Waals surface area contributed by atoms with E-state index < -0.39 is 16.3 Å². The number of nitrogens with zero attached hydrogens (tertiary/aromatic N) is 1. The first-order chi connectivity index (χ1) is 9.49. The number of nitrogens with one attached hydrogen (secondary N) is 1. The summed E-state index contributed by atoms with van der Waals surface area (Å²) in [6, 6.07) is 8.91. The highest BCUT2D eigenvalue weighted by Crippen LogP contribution is 2.07. The molecule has 0 aromatic heterocycles. The van der Waals surface area contributed by atoms with Crippen LogP contribution in [0.1, 0.15) is 12.0 Å². The van der Waals surface area contributed by atoms with E-state index in [4.69, 9.17) is 9.84 Å². The van der Waals surface area contributed by atoms with Crippen molar-refractivity contribution >= 4 is 10.2 Å². The SMILES string of the molecule is COCC(CCO)NS(=O)(=O)N(C)Cc1ccccc1. The highest BCUT2D eigenvalue weighted by molar-refractivity contribution is 7.87. The van der Waals surface area contributed by atoms with Gasteiger partial charge in [0.2, 0.25) is 0 Å². The van der Waals surface area contributed by atoms with Gasteiger partial charge in [0, 0.05) is 33.4 Å². The molecule has 114 valence electrons. The molecular formula is C13H22N2O4S. The molecule has 0 saturated heterocycles. The number of aliphatic hydroxyl groups excluding tert-OH is 1. The van der Waals surface area contributed by atoms with Crippen LogP contribution in [0.3, 0.4) is 0 Å². The van der Waals surface area contributed by atoms with Crippen LogP contribution in [0, 0.1) is 0 Å². The molecule has 0 heterocycles. The molecule has 0 radical (unpaired) electrons. The fraction of sp³-hybridized carbons (Fsp3) is 0.538. The Morgan fingerprint density at radius 2 is 2.00 bits per heavy atom. The average Bonchev–Trinajstić information content (AvgIpc) is 2.40. The summed E-state index contributed by atoms with van der Waals surface area (Å²) < 4.78 is 33.1. The summed E-state index contributed by atoms with van der Waals surface area (Å²) in [5.41, 5.74) is 0.908. The van der Waals surface area contributed by atoms with Gasteiger partial charge >= 0.3 is 0 Å². The molecule has 0 aliphatic rings. The van der Waals surface area contributed by atoms with Gasteiger partial charge in [0.15, 0.2) is 0 Å². The van der Waals surface area contributed by atoms with E-state index >= 15 is 0 Å². The van der Waals surface area contributed by atoms with Crippen LogP contribution in [-0.2, 0) is 21.5 Å². The number of methoxy groups -OCH3 is 1. The Labute approximate surface area is 120 Å². The summed E-state index contributed by atoms with van der Waals surface area (Å²) >= 11 is 0. The van der Waals surface area contributed by atoms with E-state index in [1.807, 2.05) is 30.3 Å². The smallest absolute Gasteiger partial charge is 0.279 e. The second-order valence-electron chi connectivity index (χ2n) is 4.53. The van der Waals surface area contributed by atoms with Gasteiger partial charge in [-0.3, -0.25) is 0 Å². The van der Waals surface area contributed by atoms with Crippen molar-refractivity contribution in [3.63, 3.8) is 0 Å². The van der Waals surface area contributed by atoms with Gasteiger partial charge in [0.25, 0.3) is 10.2 Å². The van der Waals surface area contributed by atoms with E-state index in [-0.39, 0.29) is 19.8 Å². The minimum atomic E-state index is -3.61. The Bertz CT molecular complexity index is 472. The van der Waals surface area contributed by atoms with Crippen molar-refractivity contribution in [3.8, 4) is 0 Å². The molecule has 0 aliphatic carbocycles. The molecule has 1 atom stereocenters. The Kier molecular flexibility index (Phi) is 7.11. The molecule has 2 N–H and O–H groups in total. The molecule has 0 fully saturated rings. The molecule has 1 aromatic rings. The zero-order valence-electron chi connectivity index (χ0n) is 11.8. The molecule has 20 heavy (non-hydrogen) atoms. The number of hydrogen-bond donors (Lipinski definition) is 2. The topological polar surface area (TPSA) is 78.9 Å². The van der Waals surface area contributed by atoms with Gasteiger partial charge in [-0.15, -0.1) is 0 Å². The second-order valence-corrected chi connectivity index (χ2v) is 6.34. The third kappa shape index (κ3) is 5.56. The van der Waals surface area contributed by atoms with Crippen molar-refractivity contribution in [2.75, 3.05) is 27.4 Å². The van der Waals surface area contributed by atoms with Crippen LogP contribution in [0.4, 0.5) is 0 Å². The zero-order chi connectivity index (χ0) is 15.0. The van der Waals surface area contributed by atoms with E-state index in [1.165, 1.54) is 18.5 Å². The maximum absolute atomic E-state index is 12.2. The van der Waals surface area contributed by atoms with E-state index in [2.05, 4.69) is 4.72 Å². The van der Waals surface area contributed by atoms with Crippen molar-refractivity contribution < 1.29 is 18.3 Å². The summed E-state index contributed by atoms with van der Waals surface area (Å²) in [7, 11) is -0.605. The largest absolute Gasteiger partial charge is 0.396 e. The fourth-order valence-corrected chi connectivity index (χ4v) is 2.87. The number of hydrogen-bond acceptors (Lipinski definition) is 4. The van der Waals surface area contributed by atoms with Crippen molar-refractivity contribution in [3.05, 3.63) is 35.9 Å². The first-order valence-corrected chi connectivity index (χ1v) is 7.81. The summed E-state index contributed by atoms with van der Waals surface area (Å²) in [4.78, 5) is 0. The number of ether oxygens (including phenoxy) is 1. The Hall–Kier alpha value is -0.990. The molecule has 0 bridgehead atoms. The minimum absolute atomic E-state index is 0.0983. The van der Waals surface area contributed by atoms with E-state index in [0.717, 1.165) is 5.56 Å². The lowest BCUT2D eigenvalue weighted by molar-refractivity contribution is 0.157. The van der Waals surface area contributed by atoms with E-state index in [9.17, 15) is 8.42 Å².